The molecule has 2 heterocycles. The van der Waals surface area contributed by atoms with Crippen molar-refractivity contribution in [1.29, 1.82) is 0 Å². The number of amides is 1. The van der Waals surface area contributed by atoms with Gasteiger partial charge >= 0.3 is 0 Å². The van der Waals surface area contributed by atoms with E-state index in [0.29, 0.717) is 6.61 Å². The molecule has 1 fully saturated rings. The van der Waals surface area contributed by atoms with Gasteiger partial charge in [-0.25, -0.2) is 0 Å². The average Bonchev–Trinajstić information content (AvgIpc) is 2.48. The van der Waals surface area contributed by atoms with Crippen molar-refractivity contribution in [3.63, 3.8) is 0 Å². The predicted molar refractivity (Wildman–Crippen MR) is 75.4 cm³/mol. The Hall–Kier alpha value is -1.55. The Balaban J connectivity index is 1.74. The minimum Gasteiger partial charge on any atom is -0.385 e. The van der Waals surface area contributed by atoms with Crippen molar-refractivity contribution in [3.8, 4) is 0 Å². The molecule has 1 saturated heterocycles. The van der Waals surface area contributed by atoms with Crippen LogP contribution in [0.3, 0.4) is 0 Å². The van der Waals surface area contributed by atoms with E-state index < -0.39 is 0 Å². The number of carbonyl (C=O) groups is 1. The van der Waals surface area contributed by atoms with E-state index in [-0.39, 0.29) is 11.8 Å². The molecule has 19 heavy (non-hydrogen) atoms. The van der Waals surface area contributed by atoms with Crippen LogP contribution in [0.4, 0.5) is 11.4 Å². The lowest BCUT2D eigenvalue weighted by Gasteiger charge is -2.24. The lowest BCUT2D eigenvalue weighted by Crippen LogP contribution is -2.30. The Morgan fingerprint density at radius 1 is 1.37 bits per heavy atom. The highest BCUT2D eigenvalue weighted by atomic mass is 16.5. The molecular weight excluding hydrogens is 240 g/mol. The highest BCUT2D eigenvalue weighted by molar-refractivity contribution is 5.94. The molecule has 0 bridgehead atoms. The van der Waals surface area contributed by atoms with E-state index >= 15 is 0 Å². The quantitative estimate of drug-likeness (QED) is 0.858. The van der Waals surface area contributed by atoms with Crippen LogP contribution >= 0.6 is 0 Å². The zero-order valence-corrected chi connectivity index (χ0v) is 11.1. The van der Waals surface area contributed by atoms with Crippen molar-refractivity contribution in [3.05, 3.63) is 23.8 Å². The van der Waals surface area contributed by atoms with E-state index in [1.54, 1.807) is 0 Å². The van der Waals surface area contributed by atoms with Gasteiger partial charge in [0, 0.05) is 24.5 Å². The third-order valence-electron chi connectivity index (χ3n) is 3.88. The lowest BCUT2D eigenvalue weighted by atomic mass is 9.99. The second-order valence-corrected chi connectivity index (χ2v) is 5.27. The lowest BCUT2D eigenvalue weighted by molar-refractivity contribution is -0.123. The maximum atomic E-state index is 12.2. The van der Waals surface area contributed by atoms with Crippen LogP contribution < -0.4 is 10.6 Å². The number of ether oxygens (including phenoxy) is 1. The van der Waals surface area contributed by atoms with Crippen LogP contribution in [0.2, 0.25) is 0 Å². The van der Waals surface area contributed by atoms with Gasteiger partial charge in [0.1, 0.15) is 0 Å². The van der Waals surface area contributed by atoms with E-state index in [9.17, 15) is 4.79 Å². The molecule has 102 valence electrons. The number of carbonyl (C=O) groups excluding carboxylic acids is 1. The molecule has 0 spiro atoms. The van der Waals surface area contributed by atoms with E-state index in [0.717, 1.165) is 50.2 Å². The summed E-state index contributed by atoms with van der Waals surface area (Å²) in [5, 5.41) is 6.46. The topological polar surface area (TPSA) is 50.4 Å². The monoisotopic (exact) mass is 260 g/mol. The molecule has 1 aromatic carbocycles. The summed E-state index contributed by atoms with van der Waals surface area (Å²) in [5.74, 6) is 0.0971. The molecule has 0 aromatic heterocycles. The van der Waals surface area contributed by atoms with Gasteiger partial charge in [0.2, 0.25) is 5.91 Å². The van der Waals surface area contributed by atoms with E-state index in [4.69, 9.17) is 4.74 Å². The van der Waals surface area contributed by atoms with Crippen LogP contribution in [-0.4, -0.2) is 25.7 Å². The number of nitrogens with one attached hydrogen (secondary N) is 2. The highest BCUT2D eigenvalue weighted by Gasteiger charge is 2.23. The predicted octanol–water partition coefficient (Wildman–Crippen LogP) is 2.41. The Morgan fingerprint density at radius 3 is 3.16 bits per heavy atom. The Labute approximate surface area is 113 Å². The van der Waals surface area contributed by atoms with Gasteiger partial charge in [-0.3, -0.25) is 4.79 Å². The van der Waals surface area contributed by atoms with E-state index in [2.05, 4.69) is 16.7 Å². The number of hydrogen-bond donors (Lipinski definition) is 2. The fourth-order valence-electron chi connectivity index (χ4n) is 2.81. The van der Waals surface area contributed by atoms with Gasteiger partial charge in [-0.1, -0.05) is 6.07 Å². The van der Waals surface area contributed by atoms with Gasteiger partial charge in [-0.15, -0.1) is 0 Å². The van der Waals surface area contributed by atoms with Crippen molar-refractivity contribution < 1.29 is 9.53 Å². The summed E-state index contributed by atoms with van der Waals surface area (Å²) in [6.07, 6.45) is 4.05. The van der Waals surface area contributed by atoms with Crippen LogP contribution in [0.5, 0.6) is 0 Å². The zero-order chi connectivity index (χ0) is 13.1. The summed E-state index contributed by atoms with van der Waals surface area (Å²) in [6, 6.07) is 6.06. The third-order valence-corrected chi connectivity index (χ3v) is 3.88. The SMILES string of the molecule is O=C(Nc1cccc2c1CCCN2)C1CCCOC1. The molecule has 0 aliphatic carbocycles. The Bertz CT molecular complexity index is 467. The number of fused-ring (bicyclic) bond motifs is 1. The normalized spacial score (nSPS) is 22.2. The first-order chi connectivity index (χ1) is 9.34. The number of rotatable bonds is 2. The molecule has 1 aromatic rings. The van der Waals surface area contributed by atoms with Crippen LogP contribution in [-0.2, 0) is 16.0 Å². The number of anilines is 2. The van der Waals surface area contributed by atoms with Crippen molar-refractivity contribution in [2.45, 2.75) is 25.7 Å². The first kappa shape index (κ1) is 12.5. The smallest absolute Gasteiger partial charge is 0.229 e. The number of benzene rings is 1. The van der Waals surface area contributed by atoms with Gasteiger partial charge in [0.05, 0.1) is 12.5 Å². The summed E-state index contributed by atoms with van der Waals surface area (Å²) < 4.78 is 5.38. The number of hydrogen-bond acceptors (Lipinski definition) is 3. The molecule has 0 radical (unpaired) electrons. The van der Waals surface area contributed by atoms with Crippen LogP contribution in [0, 0.1) is 5.92 Å². The van der Waals surface area contributed by atoms with Crippen molar-refractivity contribution in [2.24, 2.45) is 5.92 Å². The van der Waals surface area contributed by atoms with E-state index in [1.807, 2.05) is 12.1 Å². The largest absolute Gasteiger partial charge is 0.385 e. The summed E-state index contributed by atoms with van der Waals surface area (Å²) >= 11 is 0. The minimum atomic E-state index is 0.00107. The molecule has 4 heteroatoms. The van der Waals surface area contributed by atoms with Gasteiger partial charge in [0.15, 0.2) is 0 Å². The molecule has 2 aliphatic rings. The second kappa shape index (κ2) is 5.61. The van der Waals surface area contributed by atoms with Crippen LogP contribution in [0.25, 0.3) is 0 Å². The maximum absolute atomic E-state index is 12.2. The molecule has 2 N–H and O–H groups in total. The summed E-state index contributed by atoms with van der Waals surface area (Å²) in [7, 11) is 0. The van der Waals surface area contributed by atoms with Gasteiger partial charge in [0.25, 0.3) is 0 Å². The maximum Gasteiger partial charge on any atom is 0.229 e. The summed E-state index contributed by atoms with van der Waals surface area (Å²) in [5.41, 5.74) is 3.35. The molecule has 3 rings (SSSR count). The average molecular weight is 260 g/mol. The molecule has 0 saturated carbocycles. The fraction of sp³-hybridized carbons (Fsp3) is 0.533. The fourth-order valence-corrected chi connectivity index (χ4v) is 2.81. The third kappa shape index (κ3) is 2.73. The Morgan fingerprint density at radius 2 is 2.32 bits per heavy atom. The molecule has 2 aliphatic heterocycles. The Kier molecular flexibility index (Phi) is 3.69. The van der Waals surface area contributed by atoms with Crippen LogP contribution in [0.15, 0.2) is 18.2 Å². The minimum absolute atomic E-state index is 0.00107. The molecule has 4 nitrogen and oxygen atoms in total. The van der Waals surface area contributed by atoms with E-state index in [1.165, 1.54) is 5.56 Å². The summed E-state index contributed by atoms with van der Waals surface area (Å²) in [4.78, 5) is 12.2. The zero-order valence-electron chi connectivity index (χ0n) is 11.1. The standard InChI is InChI=1S/C15H20N2O2/c18-15(11-4-3-9-19-10-11)17-14-7-1-6-13-12(14)5-2-8-16-13/h1,6-7,11,16H,2-5,8-10H2,(H,17,18). The molecular formula is C15H20N2O2. The van der Waals surface area contributed by atoms with Crippen molar-refractivity contribution in [1.82, 2.24) is 0 Å². The van der Waals surface area contributed by atoms with Crippen molar-refractivity contribution in [2.75, 3.05) is 30.4 Å². The summed E-state index contributed by atoms with van der Waals surface area (Å²) in [6.45, 7) is 2.36. The highest BCUT2D eigenvalue weighted by Crippen LogP contribution is 2.29. The van der Waals surface area contributed by atoms with Gasteiger partial charge in [-0.05, 0) is 43.4 Å². The van der Waals surface area contributed by atoms with Gasteiger partial charge < -0.3 is 15.4 Å². The first-order valence-electron chi connectivity index (χ1n) is 7.09. The van der Waals surface area contributed by atoms with Crippen LogP contribution in [0.1, 0.15) is 24.8 Å². The molecule has 1 unspecified atom stereocenters. The molecule has 1 amide bonds. The van der Waals surface area contributed by atoms with Gasteiger partial charge in [-0.2, -0.15) is 0 Å². The first-order valence-corrected chi connectivity index (χ1v) is 7.09. The molecule has 1 atom stereocenters. The second-order valence-electron chi connectivity index (χ2n) is 5.27. The van der Waals surface area contributed by atoms with Crippen molar-refractivity contribution >= 4 is 17.3 Å².